The Morgan fingerprint density at radius 3 is 2.58 bits per heavy atom. The van der Waals surface area contributed by atoms with Crippen molar-refractivity contribution < 1.29 is 19.1 Å². The number of fused-ring (bicyclic) bond motifs is 1. The normalized spacial score (nSPS) is 30.4. The molecule has 0 bridgehead atoms. The smallest absolute Gasteiger partial charge is 0.410 e. The second kappa shape index (κ2) is 4.02. The van der Waals surface area contributed by atoms with Gasteiger partial charge in [-0.15, -0.1) is 0 Å². The van der Waals surface area contributed by atoms with Crippen molar-refractivity contribution in [3.63, 3.8) is 0 Å². The summed E-state index contributed by atoms with van der Waals surface area (Å²) >= 11 is 0. The van der Waals surface area contributed by atoms with Crippen molar-refractivity contribution in [2.75, 3.05) is 13.1 Å². The monoisotopic (exact) mass is 268 g/mol. The van der Waals surface area contributed by atoms with Crippen LogP contribution in [0.3, 0.4) is 0 Å². The van der Waals surface area contributed by atoms with E-state index in [0.29, 0.717) is 19.1 Å². The Morgan fingerprint density at radius 2 is 2.00 bits per heavy atom. The molecule has 2 atom stereocenters. The van der Waals surface area contributed by atoms with Gasteiger partial charge in [0.25, 0.3) is 0 Å². The third kappa shape index (κ3) is 2.35. The van der Waals surface area contributed by atoms with Crippen LogP contribution in [0.4, 0.5) is 9.59 Å². The molecule has 3 fully saturated rings. The Balaban J connectivity index is 1.64. The topological polar surface area (TPSA) is 59.1 Å². The van der Waals surface area contributed by atoms with Crippen LogP contribution in [0.15, 0.2) is 0 Å². The molecule has 2 saturated heterocycles. The third-order valence-corrected chi connectivity index (χ3v) is 3.65. The summed E-state index contributed by atoms with van der Waals surface area (Å²) in [7, 11) is 0. The maximum atomic E-state index is 12.0. The summed E-state index contributed by atoms with van der Waals surface area (Å²) in [6.07, 6.45) is 1.35. The molecule has 106 valence electrons. The van der Waals surface area contributed by atoms with Gasteiger partial charge in [-0.25, -0.2) is 9.59 Å². The second-order valence-electron chi connectivity index (χ2n) is 6.51. The van der Waals surface area contributed by atoms with Gasteiger partial charge in [-0.2, -0.15) is 0 Å². The van der Waals surface area contributed by atoms with Crippen molar-refractivity contribution in [1.29, 1.82) is 0 Å². The zero-order valence-electron chi connectivity index (χ0n) is 11.6. The summed E-state index contributed by atoms with van der Waals surface area (Å²) in [5.41, 5.74) is -0.498. The van der Waals surface area contributed by atoms with Crippen molar-refractivity contribution >= 4 is 12.2 Å². The molecule has 1 saturated carbocycles. The first kappa shape index (κ1) is 12.6. The average molecular weight is 268 g/mol. The van der Waals surface area contributed by atoms with Gasteiger partial charge in [0.1, 0.15) is 11.7 Å². The number of carbonyl (C=O) groups is 2. The Bertz CT molecular complexity index is 413. The fourth-order valence-corrected chi connectivity index (χ4v) is 2.71. The van der Waals surface area contributed by atoms with Crippen molar-refractivity contribution in [3.05, 3.63) is 0 Å². The minimum atomic E-state index is -0.498. The van der Waals surface area contributed by atoms with Gasteiger partial charge in [0.2, 0.25) is 0 Å². The lowest BCUT2D eigenvalue weighted by molar-refractivity contribution is 0.0245. The minimum absolute atomic E-state index is 0.00696. The van der Waals surface area contributed by atoms with E-state index in [1.165, 1.54) is 0 Å². The van der Waals surface area contributed by atoms with Crippen LogP contribution < -0.4 is 0 Å². The van der Waals surface area contributed by atoms with E-state index < -0.39 is 5.60 Å². The first-order chi connectivity index (χ1) is 8.85. The van der Waals surface area contributed by atoms with Crippen LogP contribution in [0.25, 0.3) is 0 Å². The van der Waals surface area contributed by atoms with Gasteiger partial charge in [0.05, 0.1) is 12.6 Å². The van der Waals surface area contributed by atoms with Gasteiger partial charge in [0.15, 0.2) is 0 Å². The number of carbonyl (C=O) groups excluding carboxylic acids is 2. The third-order valence-electron chi connectivity index (χ3n) is 3.65. The van der Waals surface area contributed by atoms with Crippen LogP contribution in [0, 0.1) is 0 Å². The van der Waals surface area contributed by atoms with E-state index in [1.54, 1.807) is 4.90 Å². The Morgan fingerprint density at radius 1 is 1.32 bits per heavy atom. The number of likely N-dealkylation sites (tertiary alicyclic amines) is 1. The summed E-state index contributed by atoms with van der Waals surface area (Å²) < 4.78 is 10.7. The van der Waals surface area contributed by atoms with E-state index in [1.807, 2.05) is 25.7 Å². The largest absolute Gasteiger partial charge is 0.444 e. The zero-order valence-corrected chi connectivity index (χ0v) is 11.6. The highest BCUT2D eigenvalue weighted by Gasteiger charge is 2.53. The van der Waals surface area contributed by atoms with Gasteiger partial charge in [-0.3, -0.25) is 4.90 Å². The molecule has 0 radical (unpaired) electrons. The maximum Gasteiger partial charge on any atom is 0.410 e. The molecule has 0 N–H and O–H groups in total. The highest BCUT2D eigenvalue weighted by Crippen LogP contribution is 2.37. The summed E-state index contributed by atoms with van der Waals surface area (Å²) in [6.45, 7) is 6.49. The van der Waals surface area contributed by atoms with Crippen LogP contribution in [0.5, 0.6) is 0 Å². The van der Waals surface area contributed by atoms with Gasteiger partial charge >= 0.3 is 12.2 Å². The lowest BCUT2D eigenvalue weighted by Crippen LogP contribution is -2.41. The van der Waals surface area contributed by atoms with Gasteiger partial charge in [0, 0.05) is 12.6 Å². The SMILES string of the molecule is CC(C)(C)OC(=O)N1CC2OC(=O)N(C3CC3)[C@H]2C1. The molecule has 2 amide bonds. The van der Waals surface area contributed by atoms with Crippen molar-refractivity contribution in [2.24, 2.45) is 0 Å². The predicted molar refractivity (Wildman–Crippen MR) is 66.7 cm³/mol. The van der Waals surface area contributed by atoms with Crippen molar-refractivity contribution in [2.45, 2.75) is 57.4 Å². The van der Waals surface area contributed by atoms with Crippen LogP contribution in [-0.4, -0.2) is 58.9 Å². The van der Waals surface area contributed by atoms with Crippen molar-refractivity contribution in [1.82, 2.24) is 9.80 Å². The first-order valence-corrected chi connectivity index (χ1v) is 6.82. The average Bonchev–Trinajstić information content (AvgIpc) is 2.91. The molecule has 6 heteroatoms. The predicted octanol–water partition coefficient (Wildman–Crippen LogP) is 1.59. The minimum Gasteiger partial charge on any atom is -0.444 e. The van der Waals surface area contributed by atoms with Crippen LogP contribution >= 0.6 is 0 Å². The number of hydrogen-bond donors (Lipinski definition) is 0. The molecule has 2 aliphatic heterocycles. The van der Waals surface area contributed by atoms with Crippen LogP contribution in [-0.2, 0) is 9.47 Å². The van der Waals surface area contributed by atoms with E-state index in [4.69, 9.17) is 9.47 Å². The molecule has 6 nitrogen and oxygen atoms in total. The standard InChI is InChI=1S/C13H20N2O4/c1-13(2,3)19-11(16)14-6-9-10(7-14)18-12(17)15(9)8-4-5-8/h8-10H,4-7H2,1-3H3/t9-,10?/m0/s1. The van der Waals surface area contributed by atoms with Gasteiger partial charge in [-0.1, -0.05) is 0 Å². The molecule has 0 aromatic heterocycles. The first-order valence-electron chi connectivity index (χ1n) is 6.82. The molecule has 3 aliphatic rings. The highest BCUT2D eigenvalue weighted by molar-refractivity contribution is 5.74. The molecular weight excluding hydrogens is 248 g/mol. The van der Waals surface area contributed by atoms with Gasteiger partial charge in [-0.05, 0) is 33.6 Å². The summed E-state index contributed by atoms with van der Waals surface area (Å²) in [6, 6.07) is 0.327. The molecule has 3 rings (SSSR count). The van der Waals surface area contributed by atoms with Crippen LogP contribution in [0.2, 0.25) is 0 Å². The molecule has 19 heavy (non-hydrogen) atoms. The van der Waals surface area contributed by atoms with E-state index in [2.05, 4.69) is 0 Å². The Hall–Kier alpha value is -1.46. The number of amides is 2. The summed E-state index contributed by atoms with van der Waals surface area (Å²) in [4.78, 5) is 27.2. The second-order valence-corrected chi connectivity index (χ2v) is 6.51. The fraction of sp³-hybridized carbons (Fsp3) is 0.846. The lowest BCUT2D eigenvalue weighted by Gasteiger charge is -2.26. The summed E-state index contributed by atoms with van der Waals surface area (Å²) in [5, 5.41) is 0. The van der Waals surface area contributed by atoms with E-state index in [0.717, 1.165) is 12.8 Å². The maximum absolute atomic E-state index is 12.0. The number of rotatable bonds is 1. The molecule has 0 aromatic rings. The number of nitrogens with zero attached hydrogens (tertiary/aromatic N) is 2. The van der Waals surface area contributed by atoms with E-state index >= 15 is 0 Å². The molecule has 0 aromatic carbocycles. The van der Waals surface area contributed by atoms with E-state index in [9.17, 15) is 9.59 Å². The molecule has 2 heterocycles. The fourth-order valence-electron chi connectivity index (χ4n) is 2.71. The van der Waals surface area contributed by atoms with Crippen LogP contribution in [0.1, 0.15) is 33.6 Å². The molecule has 0 spiro atoms. The number of hydrogen-bond acceptors (Lipinski definition) is 4. The van der Waals surface area contributed by atoms with E-state index in [-0.39, 0.29) is 24.3 Å². The Kier molecular flexibility index (Phi) is 2.66. The highest BCUT2D eigenvalue weighted by atomic mass is 16.6. The zero-order chi connectivity index (χ0) is 13.8. The summed E-state index contributed by atoms with van der Waals surface area (Å²) in [5.74, 6) is 0. The number of ether oxygens (including phenoxy) is 2. The van der Waals surface area contributed by atoms with Gasteiger partial charge < -0.3 is 14.4 Å². The Labute approximate surface area is 112 Å². The molecule has 1 aliphatic carbocycles. The molecular formula is C13H20N2O4. The quantitative estimate of drug-likeness (QED) is 0.724. The van der Waals surface area contributed by atoms with Crippen molar-refractivity contribution in [3.8, 4) is 0 Å². The molecule has 1 unspecified atom stereocenters. The lowest BCUT2D eigenvalue weighted by atomic mass is 10.2.